The minimum Gasteiger partial charge on any atom is -0.383 e. The molecule has 0 saturated heterocycles. The van der Waals surface area contributed by atoms with E-state index in [1.807, 2.05) is 42.5 Å². The number of carbonyl (C=O) groups is 1. The first-order valence-electron chi connectivity index (χ1n) is 10.4. The van der Waals surface area contributed by atoms with Crippen molar-refractivity contribution in [3.8, 4) is 11.1 Å². The molecule has 0 aliphatic heterocycles. The van der Waals surface area contributed by atoms with E-state index < -0.39 is 0 Å². The Kier molecular flexibility index (Phi) is 5.75. The Balaban J connectivity index is 1.34. The van der Waals surface area contributed by atoms with Crippen molar-refractivity contribution >= 4 is 40.5 Å². The molecule has 0 saturated carbocycles. The lowest BCUT2D eigenvalue weighted by Crippen LogP contribution is -2.25. The van der Waals surface area contributed by atoms with E-state index in [4.69, 9.17) is 17.3 Å². The van der Waals surface area contributed by atoms with Gasteiger partial charge in [0.2, 0.25) is 0 Å². The minimum atomic E-state index is -0.368. The quantitative estimate of drug-likeness (QED) is 0.341. The smallest absolute Gasteiger partial charge is 0.255 e. The molecule has 168 valence electrons. The SMILES string of the molecule is Nc1ncc(-c2ccccc2)cc1C(=O)NCc1nnc2ccc(Nc3cccc(Cl)c3)nn12. The fourth-order valence-corrected chi connectivity index (χ4v) is 3.61. The highest BCUT2D eigenvalue weighted by atomic mass is 35.5. The monoisotopic (exact) mass is 470 g/mol. The summed E-state index contributed by atoms with van der Waals surface area (Å²) in [5.41, 5.74) is 9.34. The molecule has 0 spiro atoms. The molecule has 5 rings (SSSR count). The van der Waals surface area contributed by atoms with Crippen LogP contribution in [0.25, 0.3) is 16.8 Å². The predicted molar refractivity (Wildman–Crippen MR) is 131 cm³/mol. The van der Waals surface area contributed by atoms with Crippen LogP contribution in [-0.2, 0) is 6.54 Å². The first-order valence-corrected chi connectivity index (χ1v) is 10.8. The van der Waals surface area contributed by atoms with Gasteiger partial charge in [0, 0.05) is 22.5 Å². The highest BCUT2D eigenvalue weighted by Crippen LogP contribution is 2.22. The zero-order valence-corrected chi connectivity index (χ0v) is 18.6. The lowest BCUT2D eigenvalue weighted by molar-refractivity contribution is 0.0950. The minimum absolute atomic E-state index is 0.0998. The molecule has 0 aliphatic rings. The summed E-state index contributed by atoms with van der Waals surface area (Å²) in [6, 6.07) is 22.3. The van der Waals surface area contributed by atoms with Gasteiger partial charge in [-0.15, -0.1) is 15.3 Å². The number of fused-ring (bicyclic) bond motifs is 1. The Morgan fingerprint density at radius 2 is 1.82 bits per heavy atom. The molecule has 34 heavy (non-hydrogen) atoms. The number of nitrogens with zero attached hydrogens (tertiary/aromatic N) is 5. The number of nitrogens with two attached hydrogens (primary N) is 1. The number of benzene rings is 2. The summed E-state index contributed by atoms with van der Waals surface area (Å²) < 4.78 is 1.56. The van der Waals surface area contributed by atoms with E-state index in [1.54, 1.807) is 41.0 Å². The van der Waals surface area contributed by atoms with Crippen molar-refractivity contribution < 1.29 is 4.79 Å². The number of hydrogen-bond acceptors (Lipinski definition) is 7. The van der Waals surface area contributed by atoms with E-state index >= 15 is 0 Å². The maximum absolute atomic E-state index is 12.9. The van der Waals surface area contributed by atoms with Crippen molar-refractivity contribution in [1.29, 1.82) is 0 Å². The number of rotatable bonds is 6. The third kappa shape index (κ3) is 4.50. The first kappa shape index (κ1) is 21.4. The molecular formula is C24H19ClN8O. The number of nitrogen functional groups attached to an aromatic ring is 1. The van der Waals surface area contributed by atoms with Crippen LogP contribution in [0, 0.1) is 0 Å². The summed E-state index contributed by atoms with van der Waals surface area (Å²) >= 11 is 6.05. The van der Waals surface area contributed by atoms with Crippen LogP contribution in [0.15, 0.2) is 79.0 Å². The van der Waals surface area contributed by atoms with E-state index in [0.717, 1.165) is 16.8 Å². The van der Waals surface area contributed by atoms with Crippen molar-refractivity contribution in [1.82, 2.24) is 30.1 Å². The second kappa shape index (κ2) is 9.16. The number of halogens is 1. The molecule has 9 nitrogen and oxygen atoms in total. The van der Waals surface area contributed by atoms with Crippen LogP contribution in [0.2, 0.25) is 5.02 Å². The number of amides is 1. The Hall–Kier alpha value is -4.50. The highest BCUT2D eigenvalue weighted by molar-refractivity contribution is 6.30. The average molecular weight is 471 g/mol. The first-order chi connectivity index (χ1) is 16.6. The summed E-state index contributed by atoms with van der Waals surface area (Å²) in [6.45, 7) is 0.0998. The van der Waals surface area contributed by atoms with Crippen molar-refractivity contribution in [2.24, 2.45) is 0 Å². The highest BCUT2D eigenvalue weighted by Gasteiger charge is 2.15. The van der Waals surface area contributed by atoms with Gasteiger partial charge >= 0.3 is 0 Å². The molecule has 0 radical (unpaired) electrons. The fraction of sp³-hybridized carbons (Fsp3) is 0.0417. The summed E-state index contributed by atoms with van der Waals surface area (Å²) in [7, 11) is 0. The van der Waals surface area contributed by atoms with Gasteiger partial charge in [0.15, 0.2) is 17.3 Å². The molecule has 3 heterocycles. The molecule has 0 fully saturated rings. The maximum atomic E-state index is 12.9. The Morgan fingerprint density at radius 3 is 2.65 bits per heavy atom. The Labute approximate surface area is 199 Å². The molecule has 0 aliphatic carbocycles. The van der Waals surface area contributed by atoms with E-state index in [1.165, 1.54) is 0 Å². The van der Waals surface area contributed by atoms with Crippen molar-refractivity contribution in [3.63, 3.8) is 0 Å². The third-order valence-corrected chi connectivity index (χ3v) is 5.34. The van der Waals surface area contributed by atoms with Crippen molar-refractivity contribution in [3.05, 3.63) is 95.4 Å². The summed E-state index contributed by atoms with van der Waals surface area (Å²) in [5, 5.41) is 19.4. The predicted octanol–water partition coefficient (Wildman–Crippen LogP) is 4.10. The van der Waals surface area contributed by atoms with Crippen LogP contribution in [-0.4, -0.2) is 30.7 Å². The zero-order chi connectivity index (χ0) is 23.5. The molecule has 5 aromatic rings. The Bertz CT molecular complexity index is 1490. The molecule has 0 atom stereocenters. The number of anilines is 3. The number of carbonyl (C=O) groups excluding carboxylic acids is 1. The zero-order valence-electron chi connectivity index (χ0n) is 17.8. The standard InChI is InChI=1S/C24H19ClN8O/c25-17-7-4-8-18(12-17)29-20-9-10-21-30-31-22(33(21)32-20)14-28-24(34)19-11-16(13-27-23(19)26)15-5-2-1-3-6-15/h1-13H,14H2,(H2,26,27)(H,28,34)(H,29,32). The van der Waals surface area contributed by atoms with Crippen LogP contribution in [0.5, 0.6) is 0 Å². The molecule has 10 heteroatoms. The lowest BCUT2D eigenvalue weighted by atomic mass is 10.1. The van der Waals surface area contributed by atoms with Crippen molar-refractivity contribution in [2.75, 3.05) is 11.1 Å². The van der Waals surface area contributed by atoms with Gasteiger partial charge in [-0.25, -0.2) is 4.98 Å². The summed E-state index contributed by atoms with van der Waals surface area (Å²) in [5.74, 6) is 0.817. The molecular weight excluding hydrogens is 452 g/mol. The second-order valence-electron chi connectivity index (χ2n) is 7.45. The molecule has 0 unspecified atom stereocenters. The van der Waals surface area contributed by atoms with Crippen LogP contribution < -0.4 is 16.4 Å². The summed E-state index contributed by atoms with van der Waals surface area (Å²) in [4.78, 5) is 17.1. The number of nitrogens with one attached hydrogen (secondary N) is 2. The normalized spacial score (nSPS) is 10.9. The summed E-state index contributed by atoms with van der Waals surface area (Å²) in [6.07, 6.45) is 1.64. The third-order valence-electron chi connectivity index (χ3n) is 5.10. The Morgan fingerprint density at radius 1 is 0.971 bits per heavy atom. The van der Waals surface area contributed by atoms with Gasteiger partial charge < -0.3 is 16.4 Å². The van der Waals surface area contributed by atoms with E-state index in [9.17, 15) is 4.79 Å². The fourth-order valence-electron chi connectivity index (χ4n) is 3.42. The topological polar surface area (TPSA) is 123 Å². The second-order valence-corrected chi connectivity index (χ2v) is 7.88. The number of hydrogen-bond donors (Lipinski definition) is 3. The maximum Gasteiger partial charge on any atom is 0.255 e. The number of pyridine rings is 1. The van der Waals surface area contributed by atoms with Gasteiger partial charge in [0.1, 0.15) is 5.82 Å². The van der Waals surface area contributed by atoms with E-state index in [-0.39, 0.29) is 23.8 Å². The van der Waals surface area contributed by atoms with Crippen LogP contribution in [0.4, 0.5) is 17.3 Å². The van der Waals surface area contributed by atoms with Gasteiger partial charge in [-0.2, -0.15) is 4.52 Å². The molecule has 2 aromatic carbocycles. The van der Waals surface area contributed by atoms with E-state index in [2.05, 4.69) is 30.9 Å². The average Bonchev–Trinajstić information content (AvgIpc) is 3.25. The molecule has 0 bridgehead atoms. The van der Waals surface area contributed by atoms with Crippen molar-refractivity contribution in [2.45, 2.75) is 6.54 Å². The van der Waals surface area contributed by atoms with Gasteiger partial charge in [-0.3, -0.25) is 4.79 Å². The molecule has 3 aromatic heterocycles. The lowest BCUT2D eigenvalue weighted by Gasteiger charge is -2.09. The largest absolute Gasteiger partial charge is 0.383 e. The van der Waals surface area contributed by atoms with Gasteiger partial charge in [-0.05, 0) is 42.0 Å². The van der Waals surface area contributed by atoms with Crippen LogP contribution in [0.1, 0.15) is 16.2 Å². The molecule has 4 N–H and O–H groups in total. The van der Waals surface area contributed by atoms with Gasteiger partial charge in [0.25, 0.3) is 5.91 Å². The van der Waals surface area contributed by atoms with Gasteiger partial charge in [-0.1, -0.05) is 48.0 Å². The number of aromatic nitrogens is 5. The van der Waals surface area contributed by atoms with Crippen LogP contribution in [0.3, 0.4) is 0 Å². The van der Waals surface area contributed by atoms with E-state index in [0.29, 0.717) is 22.3 Å². The molecule has 1 amide bonds. The van der Waals surface area contributed by atoms with Crippen LogP contribution >= 0.6 is 11.6 Å². The van der Waals surface area contributed by atoms with Gasteiger partial charge in [0.05, 0.1) is 12.1 Å².